The fourth-order valence-corrected chi connectivity index (χ4v) is 3.26. The zero-order valence-corrected chi connectivity index (χ0v) is 13.2. The van der Waals surface area contributed by atoms with E-state index in [1.54, 1.807) is 7.11 Å². The molecule has 1 aromatic carbocycles. The van der Waals surface area contributed by atoms with Crippen LogP contribution in [0.2, 0.25) is 0 Å². The molecule has 1 fully saturated rings. The fraction of sp³-hybridized carbons (Fsp3) is 0.588. The van der Waals surface area contributed by atoms with Gasteiger partial charge in [0, 0.05) is 17.8 Å². The summed E-state index contributed by atoms with van der Waals surface area (Å²) in [5, 5.41) is 6.28. The maximum Gasteiger partial charge on any atom is 0.238 e. The average molecular weight is 290 g/mol. The molecule has 1 aromatic rings. The van der Waals surface area contributed by atoms with Crippen LogP contribution in [-0.4, -0.2) is 25.6 Å². The van der Waals surface area contributed by atoms with E-state index in [2.05, 4.69) is 24.5 Å². The van der Waals surface area contributed by atoms with Gasteiger partial charge in [0.2, 0.25) is 5.91 Å². The highest BCUT2D eigenvalue weighted by Gasteiger charge is 2.23. The highest BCUT2D eigenvalue weighted by molar-refractivity contribution is 5.92. The van der Waals surface area contributed by atoms with E-state index in [0.717, 1.165) is 36.1 Å². The molecule has 2 unspecified atom stereocenters. The van der Waals surface area contributed by atoms with Crippen LogP contribution >= 0.6 is 0 Å². The molecule has 0 radical (unpaired) electrons. The van der Waals surface area contributed by atoms with Crippen molar-refractivity contribution >= 4 is 11.6 Å². The first kappa shape index (κ1) is 15.8. The van der Waals surface area contributed by atoms with E-state index in [-0.39, 0.29) is 5.91 Å². The molecule has 0 saturated heterocycles. The van der Waals surface area contributed by atoms with Crippen molar-refractivity contribution in [1.82, 2.24) is 5.32 Å². The Kier molecular flexibility index (Phi) is 5.62. The highest BCUT2D eigenvalue weighted by Crippen LogP contribution is 2.28. The van der Waals surface area contributed by atoms with Crippen LogP contribution in [0.4, 0.5) is 5.69 Å². The van der Waals surface area contributed by atoms with Gasteiger partial charge in [-0.15, -0.1) is 0 Å². The van der Waals surface area contributed by atoms with Gasteiger partial charge < -0.3 is 15.4 Å². The van der Waals surface area contributed by atoms with Gasteiger partial charge in [-0.3, -0.25) is 4.79 Å². The van der Waals surface area contributed by atoms with Crippen LogP contribution in [0.5, 0.6) is 5.75 Å². The summed E-state index contributed by atoms with van der Waals surface area (Å²) in [6.07, 6.45) is 3.63. The van der Waals surface area contributed by atoms with Gasteiger partial charge in [-0.05, 0) is 43.2 Å². The number of carbonyl (C=O) groups excluding carboxylic acids is 1. The van der Waals surface area contributed by atoms with E-state index in [9.17, 15) is 4.79 Å². The number of rotatable bonds is 5. The van der Waals surface area contributed by atoms with Crippen molar-refractivity contribution in [2.24, 2.45) is 11.8 Å². The Morgan fingerprint density at radius 2 is 1.95 bits per heavy atom. The lowest BCUT2D eigenvalue weighted by Gasteiger charge is -2.31. The van der Waals surface area contributed by atoms with Gasteiger partial charge in [0.25, 0.3) is 0 Å². The Morgan fingerprint density at radius 3 is 2.62 bits per heavy atom. The third kappa shape index (κ3) is 5.05. The van der Waals surface area contributed by atoms with Crippen molar-refractivity contribution in [3.63, 3.8) is 0 Å². The summed E-state index contributed by atoms with van der Waals surface area (Å²) in [7, 11) is 1.62. The fourth-order valence-electron chi connectivity index (χ4n) is 3.26. The first-order chi connectivity index (χ1) is 10.1. The van der Waals surface area contributed by atoms with Crippen LogP contribution < -0.4 is 15.4 Å². The molecule has 0 bridgehead atoms. The smallest absolute Gasteiger partial charge is 0.238 e. The summed E-state index contributed by atoms with van der Waals surface area (Å²) >= 11 is 0. The molecule has 2 atom stereocenters. The van der Waals surface area contributed by atoms with Gasteiger partial charge in [-0.25, -0.2) is 0 Å². The molecule has 4 heteroatoms. The molecule has 2 rings (SSSR count). The predicted octanol–water partition coefficient (Wildman–Crippen LogP) is 3.05. The predicted molar refractivity (Wildman–Crippen MR) is 85.6 cm³/mol. The summed E-state index contributed by atoms with van der Waals surface area (Å²) in [6.45, 7) is 4.95. The molecule has 1 saturated carbocycles. The highest BCUT2D eigenvalue weighted by atomic mass is 16.5. The number of benzene rings is 1. The monoisotopic (exact) mass is 290 g/mol. The molecule has 2 N–H and O–H groups in total. The summed E-state index contributed by atoms with van der Waals surface area (Å²) in [6, 6.07) is 7.87. The Labute approximate surface area is 127 Å². The van der Waals surface area contributed by atoms with Crippen LogP contribution in [0.25, 0.3) is 0 Å². The molecule has 116 valence electrons. The number of carbonyl (C=O) groups is 1. The van der Waals surface area contributed by atoms with Crippen molar-refractivity contribution in [2.75, 3.05) is 19.0 Å². The van der Waals surface area contributed by atoms with Crippen molar-refractivity contribution in [3.05, 3.63) is 24.3 Å². The molecule has 1 aliphatic carbocycles. The molecule has 0 aliphatic heterocycles. The third-order valence-corrected chi connectivity index (χ3v) is 4.08. The minimum absolute atomic E-state index is 0.00543. The summed E-state index contributed by atoms with van der Waals surface area (Å²) in [4.78, 5) is 12.0. The summed E-state index contributed by atoms with van der Waals surface area (Å²) in [5.41, 5.74) is 0.770. The van der Waals surface area contributed by atoms with E-state index in [1.807, 2.05) is 24.3 Å². The number of ether oxygens (including phenoxy) is 1. The number of anilines is 1. The van der Waals surface area contributed by atoms with E-state index >= 15 is 0 Å². The third-order valence-electron chi connectivity index (χ3n) is 4.08. The summed E-state index contributed by atoms with van der Waals surface area (Å²) < 4.78 is 5.15. The van der Waals surface area contributed by atoms with Gasteiger partial charge >= 0.3 is 0 Å². The Balaban J connectivity index is 1.79. The largest absolute Gasteiger partial charge is 0.497 e. The molecule has 21 heavy (non-hydrogen) atoms. The second kappa shape index (κ2) is 7.46. The Hall–Kier alpha value is -1.55. The van der Waals surface area contributed by atoms with E-state index in [0.29, 0.717) is 12.6 Å². The van der Waals surface area contributed by atoms with E-state index in [1.165, 1.54) is 6.42 Å². The molecule has 0 aromatic heterocycles. The van der Waals surface area contributed by atoms with Gasteiger partial charge in [-0.2, -0.15) is 0 Å². The molecule has 1 aliphatic rings. The molecule has 4 nitrogen and oxygen atoms in total. The van der Waals surface area contributed by atoms with Gasteiger partial charge in [0.05, 0.1) is 13.7 Å². The average Bonchev–Trinajstić information content (AvgIpc) is 2.44. The molecule has 0 spiro atoms. The minimum Gasteiger partial charge on any atom is -0.497 e. The van der Waals surface area contributed by atoms with Crippen molar-refractivity contribution < 1.29 is 9.53 Å². The number of amides is 1. The van der Waals surface area contributed by atoms with Crippen molar-refractivity contribution in [3.8, 4) is 5.75 Å². The van der Waals surface area contributed by atoms with Crippen LogP contribution in [0.15, 0.2) is 24.3 Å². The molecular formula is C17H26N2O2. The minimum atomic E-state index is -0.00543. The maximum absolute atomic E-state index is 12.0. The molecule has 0 heterocycles. The first-order valence-corrected chi connectivity index (χ1v) is 7.74. The Bertz CT molecular complexity index is 466. The van der Waals surface area contributed by atoms with E-state index < -0.39 is 0 Å². The lowest BCUT2D eigenvalue weighted by molar-refractivity contribution is -0.115. The SMILES string of the molecule is COc1cccc(NC(=O)CNC2CC(C)CC(C)C2)c1. The van der Waals surface area contributed by atoms with Crippen LogP contribution in [0, 0.1) is 11.8 Å². The van der Waals surface area contributed by atoms with Crippen molar-refractivity contribution in [1.29, 1.82) is 0 Å². The Morgan fingerprint density at radius 1 is 1.24 bits per heavy atom. The quantitative estimate of drug-likeness (QED) is 0.876. The van der Waals surface area contributed by atoms with Gasteiger partial charge in [0.15, 0.2) is 0 Å². The van der Waals surface area contributed by atoms with E-state index in [4.69, 9.17) is 4.74 Å². The lowest BCUT2D eigenvalue weighted by atomic mass is 9.80. The van der Waals surface area contributed by atoms with Crippen LogP contribution in [0.3, 0.4) is 0 Å². The molecular weight excluding hydrogens is 264 g/mol. The zero-order chi connectivity index (χ0) is 15.2. The number of methoxy groups -OCH3 is 1. The van der Waals surface area contributed by atoms with Gasteiger partial charge in [0.1, 0.15) is 5.75 Å². The van der Waals surface area contributed by atoms with Gasteiger partial charge in [-0.1, -0.05) is 19.9 Å². The second-order valence-corrected chi connectivity index (χ2v) is 6.28. The normalized spacial score (nSPS) is 25.4. The van der Waals surface area contributed by atoms with Crippen LogP contribution in [-0.2, 0) is 4.79 Å². The number of nitrogens with one attached hydrogen (secondary N) is 2. The lowest BCUT2D eigenvalue weighted by Crippen LogP contribution is -2.40. The zero-order valence-electron chi connectivity index (χ0n) is 13.2. The topological polar surface area (TPSA) is 50.4 Å². The standard InChI is InChI=1S/C17H26N2O2/c1-12-7-13(2)9-15(8-12)18-11-17(20)19-14-5-4-6-16(10-14)21-3/h4-6,10,12-13,15,18H,7-9,11H2,1-3H3,(H,19,20). The molecule has 1 amide bonds. The second-order valence-electron chi connectivity index (χ2n) is 6.28. The summed E-state index contributed by atoms with van der Waals surface area (Å²) in [5.74, 6) is 2.23. The number of hydrogen-bond donors (Lipinski definition) is 2. The van der Waals surface area contributed by atoms with Crippen molar-refractivity contribution in [2.45, 2.75) is 39.2 Å². The first-order valence-electron chi connectivity index (χ1n) is 7.74. The maximum atomic E-state index is 12.0. The van der Waals surface area contributed by atoms with Crippen LogP contribution in [0.1, 0.15) is 33.1 Å². The number of hydrogen-bond acceptors (Lipinski definition) is 3.